The predicted molar refractivity (Wildman–Crippen MR) is 106 cm³/mol. The van der Waals surface area contributed by atoms with Crippen LogP contribution in [0.25, 0.3) is 0 Å². The molecule has 0 aromatic heterocycles. The monoisotopic (exact) mass is 436 g/mol. The normalized spacial score (nSPS) is 16.6. The summed E-state index contributed by atoms with van der Waals surface area (Å²) in [5.41, 5.74) is 3.65. The molecule has 0 radical (unpaired) electrons. The second-order valence-corrected chi connectivity index (χ2v) is 9.25. The van der Waals surface area contributed by atoms with Gasteiger partial charge in [0.25, 0.3) is 0 Å². The molecule has 26 heavy (non-hydrogen) atoms. The zero-order valence-electron chi connectivity index (χ0n) is 14.9. The van der Waals surface area contributed by atoms with Crippen LogP contribution in [0, 0.1) is 6.92 Å². The Balaban J connectivity index is 1.90. The summed E-state index contributed by atoms with van der Waals surface area (Å²) in [4.78, 5) is 13.7. The number of rotatable bonds is 4. The van der Waals surface area contributed by atoms with Crippen molar-refractivity contribution in [2.24, 2.45) is 0 Å². The molecule has 0 fully saturated rings. The molecule has 7 heteroatoms. The molecule has 1 atom stereocenters. The van der Waals surface area contributed by atoms with E-state index in [1.807, 2.05) is 38.1 Å². The average Bonchev–Trinajstić information content (AvgIpc) is 2.88. The Morgan fingerprint density at radius 2 is 1.92 bits per heavy atom. The van der Waals surface area contributed by atoms with Gasteiger partial charge in [0.2, 0.25) is 15.9 Å². The van der Waals surface area contributed by atoms with Crippen molar-refractivity contribution in [3.8, 4) is 0 Å². The number of fused-ring (bicyclic) bond motifs is 1. The van der Waals surface area contributed by atoms with E-state index in [1.54, 1.807) is 17.0 Å². The number of hydrogen-bond donors (Lipinski definition) is 1. The van der Waals surface area contributed by atoms with Crippen LogP contribution < -0.4 is 9.62 Å². The molecule has 0 spiro atoms. The number of aryl methyl sites for hydroxylation is 1. The van der Waals surface area contributed by atoms with Crippen molar-refractivity contribution in [2.45, 2.75) is 44.7 Å². The summed E-state index contributed by atoms with van der Waals surface area (Å²) in [5, 5.41) is 0. The van der Waals surface area contributed by atoms with E-state index in [0.717, 1.165) is 16.7 Å². The molecular weight excluding hydrogens is 416 g/mol. The van der Waals surface area contributed by atoms with Gasteiger partial charge in [-0.25, -0.2) is 13.1 Å². The Morgan fingerprint density at radius 3 is 2.54 bits per heavy atom. The molecule has 138 valence electrons. The van der Waals surface area contributed by atoms with E-state index in [-0.39, 0.29) is 23.4 Å². The van der Waals surface area contributed by atoms with Crippen molar-refractivity contribution in [1.82, 2.24) is 4.72 Å². The number of amides is 1. The molecule has 0 aliphatic carbocycles. The third kappa shape index (κ3) is 3.70. The highest BCUT2D eigenvalue weighted by Crippen LogP contribution is 2.37. The molecule has 0 saturated heterocycles. The maximum atomic E-state index is 12.8. The Kier molecular flexibility index (Phi) is 5.23. The number of sulfonamides is 1. The van der Waals surface area contributed by atoms with Gasteiger partial charge >= 0.3 is 0 Å². The lowest BCUT2D eigenvalue weighted by atomic mass is 10.1. The van der Waals surface area contributed by atoms with E-state index in [1.165, 1.54) is 6.92 Å². The molecule has 1 amide bonds. The zero-order valence-corrected chi connectivity index (χ0v) is 17.3. The Morgan fingerprint density at radius 1 is 1.27 bits per heavy atom. The third-order valence-corrected chi connectivity index (χ3v) is 6.92. The van der Waals surface area contributed by atoms with E-state index in [2.05, 4.69) is 20.7 Å². The number of nitrogens with zero attached hydrogens (tertiary/aromatic N) is 1. The molecule has 0 unspecified atom stereocenters. The maximum Gasteiger partial charge on any atom is 0.242 e. The van der Waals surface area contributed by atoms with Crippen LogP contribution in [0.4, 0.5) is 5.69 Å². The predicted octanol–water partition coefficient (Wildman–Crippen LogP) is 3.53. The fraction of sp³-hybridized carbons (Fsp3) is 0.316. The number of benzene rings is 2. The van der Waals surface area contributed by atoms with Gasteiger partial charge in [-0.3, -0.25) is 4.79 Å². The first-order valence-corrected chi connectivity index (χ1v) is 10.6. The van der Waals surface area contributed by atoms with Gasteiger partial charge in [-0.1, -0.05) is 29.8 Å². The lowest BCUT2D eigenvalue weighted by Gasteiger charge is -2.21. The first kappa shape index (κ1) is 19.1. The van der Waals surface area contributed by atoms with Crippen LogP contribution in [0.15, 0.2) is 45.8 Å². The van der Waals surface area contributed by atoms with Crippen molar-refractivity contribution >= 4 is 37.5 Å². The largest absolute Gasteiger partial charge is 0.309 e. The van der Waals surface area contributed by atoms with Crippen LogP contribution in [-0.2, 0) is 27.8 Å². The highest BCUT2D eigenvalue weighted by molar-refractivity contribution is 9.10. The summed E-state index contributed by atoms with van der Waals surface area (Å²) in [6.45, 7) is 5.65. The molecular formula is C19H21BrN2O3S. The van der Waals surface area contributed by atoms with Crippen LogP contribution in [0.5, 0.6) is 0 Å². The van der Waals surface area contributed by atoms with Crippen LogP contribution in [-0.4, -0.2) is 20.4 Å². The summed E-state index contributed by atoms with van der Waals surface area (Å²) in [7, 11) is -3.72. The molecule has 2 aromatic carbocycles. The van der Waals surface area contributed by atoms with Crippen LogP contribution in [0.1, 0.15) is 30.5 Å². The van der Waals surface area contributed by atoms with Gasteiger partial charge in [-0.05, 0) is 59.5 Å². The lowest BCUT2D eigenvalue weighted by Crippen LogP contribution is -2.33. The maximum absolute atomic E-state index is 12.8. The fourth-order valence-electron chi connectivity index (χ4n) is 3.27. The smallest absolute Gasteiger partial charge is 0.242 e. The second kappa shape index (κ2) is 7.13. The van der Waals surface area contributed by atoms with Crippen LogP contribution in [0.3, 0.4) is 0 Å². The zero-order chi connectivity index (χ0) is 19.1. The SMILES string of the molecule is CC(=O)N1c2cc(S(=O)(=O)NCc3ccc(C)cc3)c(Br)cc2C[C@@H]1C. The summed E-state index contributed by atoms with van der Waals surface area (Å²) in [6, 6.07) is 11.1. The fourth-order valence-corrected chi connectivity index (χ4v) is 5.39. The van der Waals surface area contributed by atoms with Gasteiger partial charge in [0.15, 0.2) is 0 Å². The number of anilines is 1. The highest BCUT2D eigenvalue weighted by atomic mass is 79.9. The number of carbonyl (C=O) groups excluding carboxylic acids is 1. The third-order valence-electron chi connectivity index (χ3n) is 4.56. The lowest BCUT2D eigenvalue weighted by molar-refractivity contribution is -0.116. The molecule has 1 N–H and O–H groups in total. The minimum Gasteiger partial charge on any atom is -0.309 e. The molecule has 5 nitrogen and oxygen atoms in total. The van der Waals surface area contributed by atoms with E-state index in [0.29, 0.717) is 16.6 Å². The van der Waals surface area contributed by atoms with Gasteiger partial charge in [-0.15, -0.1) is 0 Å². The Labute approximate surface area is 162 Å². The summed E-state index contributed by atoms with van der Waals surface area (Å²) in [6.07, 6.45) is 0.713. The molecule has 3 rings (SSSR count). The van der Waals surface area contributed by atoms with Crippen molar-refractivity contribution in [3.63, 3.8) is 0 Å². The van der Waals surface area contributed by atoms with E-state index in [9.17, 15) is 13.2 Å². The van der Waals surface area contributed by atoms with E-state index < -0.39 is 10.0 Å². The quantitative estimate of drug-likeness (QED) is 0.796. The molecule has 0 bridgehead atoms. The van der Waals surface area contributed by atoms with E-state index in [4.69, 9.17) is 0 Å². The van der Waals surface area contributed by atoms with E-state index >= 15 is 0 Å². The molecule has 2 aromatic rings. The summed E-state index contributed by atoms with van der Waals surface area (Å²) >= 11 is 3.38. The van der Waals surface area contributed by atoms with Crippen molar-refractivity contribution in [3.05, 3.63) is 57.6 Å². The summed E-state index contributed by atoms with van der Waals surface area (Å²) < 4.78 is 28.8. The standard InChI is InChI=1S/C19H21BrN2O3S/c1-12-4-6-15(7-5-12)11-21-26(24,25)19-10-18-16(9-17(19)20)8-13(2)22(18)14(3)23/h4-7,9-10,13,21H,8,11H2,1-3H3/t13-/m0/s1. The first-order valence-electron chi connectivity index (χ1n) is 8.36. The molecule has 1 heterocycles. The minimum atomic E-state index is -3.72. The number of halogens is 1. The van der Waals surface area contributed by atoms with Crippen LogP contribution >= 0.6 is 15.9 Å². The molecule has 1 aliphatic heterocycles. The van der Waals surface area contributed by atoms with Gasteiger partial charge in [0.1, 0.15) is 0 Å². The highest BCUT2D eigenvalue weighted by Gasteiger charge is 2.31. The van der Waals surface area contributed by atoms with Crippen molar-refractivity contribution in [1.29, 1.82) is 0 Å². The average molecular weight is 437 g/mol. The Hall–Kier alpha value is -1.70. The minimum absolute atomic E-state index is 0.0212. The number of hydrogen-bond acceptors (Lipinski definition) is 3. The van der Waals surface area contributed by atoms with Crippen molar-refractivity contribution in [2.75, 3.05) is 4.90 Å². The van der Waals surface area contributed by atoms with Crippen LogP contribution in [0.2, 0.25) is 0 Å². The first-order chi connectivity index (χ1) is 12.2. The van der Waals surface area contributed by atoms with Gasteiger partial charge in [-0.2, -0.15) is 0 Å². The summed E-state index contributed by atoms with van der Waals surface area (Å²) in [5.74, 6) is -0.0884. The number of nitrogens with one attached hydrogen (secondary N) is 1. The van der Waals surface area contributed by atoms with Gasteiger partial charge in [0, 0.05) is 29.7 Å². The second-order valence-electron chi connectivity index (χ2n) is 6.66. The van der Waals surface area contributed by atoms with Gasteiger partial charge < -0.3 is 4.90 Å². The molecule has 0 saturated carbocycles. The number of carbonyl (C=O) groups is 1. The Bertz CT molecular complexity index is 955. The van der Waals surface area contributed by atoms with Crippen molar-refractivity contribution < 1.29 is 13.2 Å². The topological polar surface area (TPSA) is 66.5 Å². The van der Waals surface area contributed by atoms with Gasteiger partial charge in [0.05, 0.1) is 4.90 Å². The molecule has 1 aliphatic rings.